The summed E-state index contributed by atoms with van der Waals surface area (Å²) in [5, 5.41) is 0. The quantitative estimate of drug-likeness (QED) is 0.399. The average molecular weight is 128 g/mol. The van der Waals surface area contributed by atoms with Crippen LogP contribution in [0.1, 0.15) is 13.3 Å². The second-order valence-electron chi connectivity index (χ2n) is 1.53. The number of rotatable bonds is 4. The van der Waals surface area contributed by atoms with Crippen LogP contribution in [0.15, 0.2) is 0 Å². The lowest BCUT2D eigenvalue weighted by atomic mass is 10.6. The van der Waals surface area contributed by atoms with Crippen LogP contribution in [0.25, 0.3) is 0 Å². The van der Waals surface area contributed by atoms with Crippen molar-refractivity contribution in [3.05, 3.63) is 0 Å². The van der Waals surface area contributed by atoms with Crippen LogP contribution in [-0.4, -0.2) is 19.0 Å². The molecular weight excluding hydrogens is 116 g/mol. The first-order valence-corrected chi connectivity index (χ1v) is 5.89. The summed E-state index contributed by atoms with van der Waals surface area (Å²) in [5.74, 6) is 0. The van der Waals surface area contributed by atoms with Crippen molar-refractivity contribution < 1.29 is 0 Å². The van der Waals surface area contributed by atoms with E-state index in [2.05, 4.69) is 13.5 Å². The van der Waals surface area contributed by atoms with Crippen molar-refractivity contribution >= 4 is 19.0 Å². The number of hydrogen-bond acceptors (Lipinski definition) is 0. The van der Waals surface area contributed by atoms with Gasteiger partial charge in [-0.1, -0.05) is 31.6 Å². The largest absolute Gasteiger partial charge is 0.0735 e. The maximum Gasteiger partial charge on any atom is 0.0342 e. The Kier molecular flexibility index (Phi) is 6.83. The molecule has 0 aliphatic heterocycles. The third-order valence-electron chi connectivity index (χ3n) is 0.729. The fourth-order valence-corrected chi connectivity index (χ4v) is 2.45. The minimum absolute atomic E-state index is 1.18. The summed E-state index contributed by atoms with van der Waals surface area (Å²) in [5.41, 5.74) is 1.48. The summed E-state index contributed by atoms with van der Waals surface area (Å²) in [6.07, 6.45) is 1.38. The summed E-state index contributed by atoms with van der Waals surface area (Å²) < 4.78 is 0. The molecule has 4 radical (unpaired) electrons. The zero-order valence-corrected chi connectivity index (χ0v) is 7.12. The second kappa shape index (κ2) is 6.43. The van der Waals surface area contributed by atoms with E-state index in [0.717, 1.165) is 0 Å². The molecule has 0 saturated carbocycles. The van der Waals surface area contributed by atoms with Crippen LogP contribution in [0.2, 0.25) is 18.3 Å². The van der Waals surface area contributed by atoms with Crippen LogP contribution in [0, 0.1) is 0 Å². The first-order chi connectivity index (χ1) is 3.41. The van der Waals surface area contributed by atoms with E-state index >= 15 is 0 Å². The Labute approximate surface area is 51.3 Å². The van der Waals surface area contributed by atoms with Gasteiger partial charge in [-0.2, -0.15) is 0 Å². The summed E-state index contributed by atoms with van der Waals surface area (Å²) in [6, 6.07) is 1.46. The van der Waals surface area contributed by atoms with E-state index in [-0.39, 0.29) is 0 Å². The molecule has 2 heteroatoms. The van der Waals surface area contributed by atoms with Gasteiger partial charge >= 0.3 is 0 Å². The van der Waals surface area contributed by atoms with Crippen molar-refractivity contribution in [2.24, 2.45) is 0 Å². The van der Waals surface area contributed by atoms with Gasteiger partial charge in [0.25, 0.3) is 0 Å². The molecule has 0 N–H and O–H groups in total. The third kappa shape index (κ3) is 6.43. The van der Waals surface area contributed by atoms with E-state index < -0.39 is 0 Å². The van der Waals surface area contributed by atoms with E-state index in [9.17, 15) is 0 Å². The standard InChI is InChI=1S/C5H12Si2/c1-3-4-7-5-6-2/h3-5H2,1-2H3. The van der Waals surface area contributed by atoms with E-state index in [4.69, 9.17) is 0 Å². The van der Waals surface area contributed by atoms with Crippen molar-refractivity contribution in [1.29, 1.82) is 0 Å². The summed E-state index contributed by atoms with van der Waals surface area (Å²) in [7, 11) is 2.42. The molecule has 0 aromatic heterocycles. The Morgan fingerprint density at radius 3 is 2.57 bits per heavy atom. The van der Waals surface area contributed by atoms with Gasteiger partial charge in [-0.05, 0) is 0 Å². The van der Waals surface area contributed by atoms with Crippen molar-refractivity contribution in [1.82, 2.24) is 0 Å². The Bertz CT molecular complexity index is 25.3. The van der Waals surface area contributed by atoms with Gasteiger partial charge in [-0.15, -0.1) is 0 Å². The number of hydrogen-bond donors (Lipinski definition) is 0. The topological polar surface area (TPSA) is 0 Å². The fourth-order valence-electron chi connectivity index (χ4n) is 0.390. The van der Waals surface area contributed by atoms with Gasteiger partial charge in [0, 0.05) is 19.0 Å². The summed E-state index contributed by atoms with van der Waals surface area (Å²) >= 11 is 0. The van der Waals surface area contributed by atoms with E-state index in [1.807, 2.05) is 0 Å². The van der Waals surface area contributed by atoms with Gasteiger partial charge in [0.1, 0.15) is 0 Å². The van der Waals surface area contributed by atoms with Crippen molar-refractivity contribution in [2.75, 3.05) is 0 Å². The smallest absolute Gasteiger partial charge is 0.0342 e. The highest BCUT2D eigenvalue weighted by Gasteiger charge is 1.82. The molecule has 0 aliphatic rings. The minimum atomic E-state index is 1.18. The molecule has 0 heterocycles. The minimum Gasteiger partial charge on any atom is -0.0735 e. The molecule has 0 fully saturated rings. The lowest BCUT2D eigenvalue weighted by molar-refractivity contribution is 1.07. The highest BCUT2D eigenvalue weighted by molar-refractivity contribution is 6.54. The monoisotopic (exact) mass is 128 g/mol. The normalized spacial score (nSPS) is 9.43. The van der Waals surface area contributed by atoms with Gasteiger partial charge in [-0.25, -0.2) is 0 Å². The molecule has 0 saturated heterocycles. The molecule has 0 atom stereocenters. The molecule has 0 spiro atoms. The lowest BCUT2D eigenvalue weighted by Gasteiger charge is -1.88. The van der Waals surface area contributed by atoms with Gasteiger partial charge in [0.2, 0.25) is 0 Å². The second-order valence-corrected chi connectivity index (χ2v) is 4.65. The first-order valence-electron chi connectivity index (χ1n) is 2.77. The van der Waals surface area contributed by atoms with Crippen LogP contribution >= 0.6 is 0 Å². The summed E-state index contributed by atoms with van der Waals surface area (Å²) in [6.45, 7) is 4.54. The molecule has 0 aliphatic carbocycles. The summed E-state index contributed by atoms with van der Waals surface area (Å²) in [4.78, 5) is 0. The molecule has 0 aromatic carbocycles. The van der Waals surface area contributed by atoms with Gasteiger partial charge < -0.3 is 0 Å². The molecule has 0 unspecified atom stereocenters. The maximum absolute atomic E-state index is 2.28. The molecule has 0 rings (SSSR count). The maximum atomic E-state index is 2.28. The van der Waals surface area contributed by atoms with Gasteiger partial charge in [0.15, 0.2) is 0 Å². The Hall–Kier alpha value is 0.434. The van der Waals surface area contributed by atoms with Gasteiger partial charge in [-0.3, -0.25) is 0 Å². The molecule has 7 heavy (non-hydrogen) atoms. The highest BCUT2D eigenvalue weighted by atomic mass is 28.3. The molecule has 40 valence electrons. The molecule has 0 bridgehead atoms. The van der Waals surface area contributed by atoms with E-state index in [1.54, 1.807) is 0 Å². The Morgan fingerprint density at radius 2 is 2.14 bits per heavy atom. The van der Waals surface area contributed by atoms with E-state index in [1.165, 1.54) is 37.2 Å². The Morgan fingerprint density at radius 1 is 1.43 bits per heavy atom. The van der Waals surface area contributed by atoms with Crippen LogP contribution in [0.3, 0.4) is 0 Å². The van der Waals surface area contributed by atoms with Crippen LogP contribution in [0.5, 0.6) is 0 Å². The molecule has 0 nitrogen and oxygen atoms in total. The van der Waals surface area contributed by atoms with Crippen molar-refractivity contribution in [2.45, 2.75) is 31.6 Å². The van der Waals surface area contributed by atoms with Crippen LogP contribution in [0.4, 0.5) is 0 Å². The fraction of sp³-hybridized carbons (Fsp3) is 1.00. The zero-order chi connectivity index (χ0) is 5.54. The SMILES string of the molecule is CCC[Si]C[Si]C. The molecular formula is C5H12Si2. The zero-order valence-electron chi connectivity index (χ0n) is 5.12. The molecule has 0 amide bonds. The predicted octanol–water partition coefficient (Wildman–Crippen LogP) is 1.65. The van der Waals surface area contributed by atoms with Crippen LogP contribution in [-0.2, 0) is 0 Å². The van der Waals surface area contributed by atoms with Crippen molar-refractivity contribution in [3.8, 4) is 0 Å². The lowest BCUT2D eigenvalue weighted by Crippen LogP contribution is -1.91. The van der Waals surface area contributed by atoms with E-state index in [0.29, 0.717) is 0 Å². The Balaban J connectivity index is 2.45. The predicted molar refractivity (Wildman–Crippen MR) is 37.3 cm³/mol. The van der Waals surface area contributed by atoms with Crippen LogP contribution < -0.4 is 0 Å². The van der Waals surface area contributed by atoms with Crippen molar-refractivity contribution in [3.63, 3.8) is 0 Å². The third-order valence-corrected chi connectivity index (χ3v) is 4.00. The average Bonchev–Trinajstić information content (AvgIpc) is 1.69. The molecule has 0 aromatic rings. The van der Waals surface area contributed by atoms with Gasteiger partial charge in [0.05, 0.1) is 0 Å². The first kappa shape index (κ1) is 7.43. The highest BCUT2D eigenvalue weighted by Crippen LogP contribution is 1.87.